The number of thioether (sulfide) groups is 2. The van der Waals surface area contributed by atoms with Crippen LogP contribution < -0.4 is 6.15 Å². The maximum absolute atomic E-state index is 2.27. The first-order chi connectivity index (χ1) is 10.9. The molecule has 0 bridgehead atoms. The molecule has 1 aromatic rings. The van der Waals surface area contributed by atoms with Gasteiger partial charge in [-0.3, -0.25) is 0 Å². The van der Waals surface area contributed by atoms with Crippen LogP contribution in [0, 0.1) is 0 Å². The lowest BCUT2D eigenvalue weighted by molar-refractivity contribution is 0.574. The van der Waals surface area contributed by atoms with Gasteiger partial charge in [0.15, 0.2) is 0 Å². The molecule has 0 unspecified atom stereocenters. The minimum atomic E-state index is 0. The van der Waals surface area contributed by atoms with Crippen LogP contribution in [0.1, 0.15) is 71.1 Å². The third kappa shape index (κ3) is 15.2. The summed E-state index contributed by atoms with van der Waals surface area (Å²) in [5.74, 6) is 4.01. The van der Waals surface area contributed by atoms with Gasteiger partial charge in [0.25, 0.3) is 0 Å². The van der Waals surface area contributed by atoms with Gasteiger partial charge in [-0.1, -0.05) is 70.1 Å². The van der Waals surface area contributed by atoms with Crippen LogP contribution in [0.3, 0.4) is 0 Å². The summed E-state index contributed by atoms with van der Waals surface area (Å²) in [6.45, 7) is 2.27. The Kier molecular flexibility index (Phi) is 18.1. The Morgan fingerprint density at radius 1 is 0.652 bits per heavy atom. The molecule has 3 N–H and O–H groups in total. The predicted octanol–water partition coefficient (Wildman–Crippen LogP) is 7.59. The Labute approximate surface area is 153 Å². The van der Waals surface area contributed by atoms with E-state index in [1.807, 2.05) is 11.8 Å². The number of hydrogen-bond donors (Lipinski definition) is 1. The summed E-state index contributed by atoms with van der Waals surface area (Å²) in [4.78, 5) is 1.42. The molecule has 0 atom stereocenters. The monoisotopic (exact) mass is 355 g/mol. The first kappa shape index (κ1) is 22.9. The lowest BCUT2D eigenvalue weighted by Gasteiger charge is -2.03. The second-order valence-electron chi connectivity index (χ2n) is 5.96. The topological polar surface area (TPSA) is 35.0 Å². The molecule has 0 aliphatic rings. The van der Waals surface area contributed by atoms with Gasteiger partial charge in [-0.15, -0.1) is 11.8 Å². The molecule has 0 saturated heterocycles. The highest BCUT2D eigenvalue weighted by Gasteiger charge is 1.95. The quantitative estimate of drug-likeness (QED) is 0.260. The number of benzene rings is 1. The fourth-order valence-corrected chi connectivity index (χ4v) is 4.33. The minimum Gasteiger partial charge on any atom is -0.344 e. The molecule has 134 valence electrons. The van der Waals surface area contributed by atoms with Crippen LogP contribution in [0.25, 0.3) is 0 Å². The lowest BCUT2D eigenvalue weighted by Crippen LogP contribution is -1.85. The summed E-state index contributed by atoms with van der Waals surface area (Å²) in [5.41, 5.74) is 0. The fraction of sp³-hybridized carbons (Fsp3) is 0.700. The average Bonchev–Trinajstić information content (AvgIpc) is 2.56. The first-order valence-electron chi connectivity index (χ1n) is 9.19. The Morgan fingerprint density at radius 3 is 1.74 bits per heavy atom. The van der Waals surface area contributed by atoms with E-state index in [-0.39, 0.29) is 6.15 Å². The number of unbranched alkanes of at least 4 members (excludes halogenated alkanes) is 8. The summed E-state index contributed by atoms with van der Waals surface area (Å²) < 4.78 is 0. The van der Waals surface area contributed by atoms with Crippen molar-refractivity contribution in [2.24, 2.45) is 0 Å². The zero-order chi connectivity index (χ0) is 15.7. The van der Waals surface area contributed by atoms with Crippen LogP contribution >= 0.6 is 23.5 Å². The molecule has 0 aliphatic carbocycles. The van der Waals surface area contributed by atoms with Crippen molar-refractivity contribution in [2.75, 3.05) is 17.3 Å². The summed E-state index contributed by atoms with van der Waals surface area (Å²) in [5, 5.41) is 0. The predicted molar refractivity (Wildman–Crippen MR) is 111 cm³/mol. The van der Waals surface area contributed by atoms with E-state index in [1.165, 1.54) is 86.4 Å². The molecule has 0 aliphatic heterocycles. The molecule has 0 radical (unpaired) electrons. The van der Waals surface area contributed by atoms with Crippen molar-refractivity contribution in [2.45, 2.75) is 76.0 Å². The Hall–Kier alpha value is -0.120. The van der Waals surface area contributed by atoms with Crippen molar-refractivity contribution in [1.82, 2.24) is 6.15 Å². The summed E-state index contributed by atoms with van der Waals surface area (Å²) in [7, 11) is 0. The van der Waals surface area contributed by atoms with Crippen molar-refractivity contribution >= 4 is 23.5 Å². The molecule has 1 nitrogen and oxygen atoms in total. The van der Waals surface area contributed by atoms with Crippen molar-refractivity contribution in [3.8, 4) is 0 Å². The Balaban J connectivity index is 0.00000484. The summed E-state index contributed by atoms with van der Waals surface area (Å²) >= 11 is 4.13. The van der Waals surface area contributed by atoms with E-state index in [0.29, 0.717) is 0 Å². The van der Waals surface area contributed by atoms with Crippen molar-refractivity contribution < 1.29 is 0 Å². The van der Waals surface area contributed by atoms with Crippen LogP contribution in [0.5, 0.6) is 0 Å². The van der Waals surface area contributed by atoms with E-state index < -0.39 is 0 Å². The fourth-order valence-electron chi connectivity index (χ4n) is 2.50. The van der Waals surface area contributed by atoms with E-state index in [9.17, 15) is 0 Å². The molecule has 1 rings (SSSR count). The van der Waals surface area contributed by atoms with E-state index in [0.717, 1.165) is 0 Å². The Bertz CT molecular complexity index is 330. The molecule has 1 aromatic carbocycles. The van der Waals surface area contributed by atoms with Crippen LogP contribution in [-0.2, 0) is 0 Å². The molecule has 0 heterocycles. The van der Waals surface area contributed by atoms with Gasteiger partial charge in [0.2, 0.25) is 0 Å². The van der Waals surface area contributed by atoms with Gasteiger partial charge >= 0.3 is 0 Å². The second-order valence-corrected chi connectivity index (χ2v) is 8.35. The van der Waals surface area contributed by atoms with Crippen LogP contribution in [-0.4, -0.2) is 17.3 Å². The van der Waals surface area contributed by atoms with Crippen molar-refractivity contribution in [3.05, 3.63) is 30.3 Å². The maximum atomic E-state index is 2.27. The van der Waals surface area contributed by atoms with Crippen molar-refractivity contribution in [1.29, 1.82) is 0 Å². The number of hydrogen-bond acceptors (Lipinski definition) is 3. The molecule has 0 saturated carbocycles. The normalized spacial score (nSPS) is 10.5. The van der Waals surface area contributed by atoms with Gasteiger partial charge in [-0.2, -0.15) is 11.8 Å². The highest BCUT2D eigenvalue weighted by Crippen LogP contribution is 2.19. The highest BCUT2D eigenvalue weighted by atomic mass is 32.2. The first-order valence-corrected chi connectivity index (χ1v) is 11.3. The van der Waals surface area contributed by atoms with Gasteiger partial charge in [-0.05, 0) is 48.7 Å². The van der Waals surface area contributed by atoms with Gasteiger partial charge in [-0.25, -0.2) is 0 Å². The zero-order valence-electron chi connectivity index (χ0n) is 15.1. The van der Waals surface area contributed by atoms with Gasteiger partial charge in [0.05, 0.1) is 0 Å². The zero-order valence-corrected chi connectivity index (χ0v) is 16.7. The average molecular weight is 356 g/mol. The van der Waals surface area contributed by atoms with Crippen LogP contribution in [0.15, 0.2) is 35.2 Å². The van der Waals surface area contributed by atoms with Crippen LogP contribution in [0.4, 0.5) is 0 Å². The largest absolute Gasteiger partial charge is 0.344 e. The SMILES string of the molecule is CCCSCCCCCCCCCCCSc1ccccc1.N. The standard InChI is InChI=1S/C20H34S2.H3N/c1-2-17-21-18-13-8-6-4-3-5-7-9-14-19-22-20-15-11-10-12-16-20;/h10-12,15-16H,2-9,13-14,17-19H2,1H3;1H3. The lowest BCUT2D eigenvalue weighted by atomic mass is 10.1. The molecule has 0 amide bonds. The van der Waals surface area contributed by atoms with Gasteiger partial charge in [0.1, 0.15) is 0 Å². The summed E-state index contributed by atoms with van der Waals surface area (Å²) in [6.07, 6.45) is 14.2. The molecular weight excluding hydrogens is 318 g/mol. The minimum absolute atomic E-state index is 0. The molecule has 0 spiro atoms. The van der Waals surface area contributed by atoms with E-state index >= 15 is 0 Å². The van der Waals surface area contributed by atoms with E-state index in [2.05, 4.69) is 49.0 Å². The third-order valence-electron chi connectivity index (χ3n) is 3.79. The smallest absolute Gasteiger partial charge is 0.00719 e. The van der Waals surface area contributed by atoms with Gasteiger partial charge < -0.3 is 6.15 Å². The maximum Gasteiger partial charge on any atom is 0.00719 e. The molecule has 0 aromatic heterocycles. The van der Waals surface area contributed by atoms with E-state index in [1.54, 1.807) is 0 Å². The van der Waals surface area contributed by atoms with Gasteiger partial charge in [0, 0.05) is 4.90 Å². The highest BCUT2D eigenvalue weighted by molar-refractivity contribution is 7.99. The third-order valence-corrected chi connectivity index (χ3v) is 6.17. The van der Waals surface area contributed by atoms with Crippen LogP contribution in [0.2, 0.25) is 0 Å². The summed E-state index contributed by atoms with van der Waals surface area (Å²) in [6, 6.07) is 10.8. The Morgan fingerprint density at radius 2 is 1.17 bits per heavy atom. The molecular formula is C20H37NS2. The molecule has 23 heavy (non-hydrogen) atoms. The molecule has 0 fully saturated rings. The van der Waals surface area contributed by atoms with Crippen molar-refractivity contribution in [3.63, 3.8) is 0 Å². The number of rotatable bonds is 15. The molecule has 3 heteroatoms. The second kappa shape index (κ2) is 18.2. The van der Waals surface area contributed by atoms with E-state index in [4.69, 9.17) is 0 Å².